The van der Waals surface area contributed by atoms with Crippen LogP contribution >= 0.6 is 23.2 Å². The molecule has 0 saturated carbocycles. The zero-order valence-corrected chi connectivity index (χ0v) is 12.8. The number of carbonyl (C=O) groups is 1. The smallest absolute Gasteiger partial charge is 0.307 e. The first-order valence-electron chi connectivity index (χ1n) is 6.01. The highest BCUT2D eigenvalue weighted by atomic mass is 35.5. The van der Waals surface area contributed by atoms with Crippen LogP contribution < -0.4 is 10.6 Å². The summed E-state index contributed by atoms with van der Waals surface area (Å²) in [6.07, 6.45) is 1.33. The molecule has 7 nitrogen and oxygen atoms in total. The van der Waals surface area contributed by atoms with Gasteiger partial charge in [-0.3, -0.25) is 15.4 Å². The van der Waals surface area contributed by atoms with Crippen LogP contribution in [0.5, 0.6) is 0 Å². The van der Waals surface area contributed by atoms with Crippen molar-refractivity contribution in [1.82, 2.24) is 4.98 Å². The van der Waals surface area contributed by atoms with Crippen molar-refractivity contribution in [3.05, 3.63) is 56.2 Å². The second-order valence-corrected chi connectivity index (χ2v) is 5.17. The lowest BCUT2D eigenvalue weighted by Crippen LogP contribution is -2.20. The van der Waals surface area contributed by atoms with E-state index in [4.69, 9.17) is 23.2 Å². The van der Waals surface area contributed by atoms with E-state index in [1.54, 1.807) is 19.1 Å². The molecule has 0 aliphatic carbocycles. The number of carbonyl (C=O) groups excluding carboxylic acids is 1. The van der Waals surface area contributed by atoms with Crippen LogP contribution in [0.4, 0.5) is 22.0 Å². The van der Waals surface area contributed by atoms with Gasteiger partial charge in [-0.05, 0) is 19.1 Å². The lowest BCUT2D eigenvalue weighted by atomic mass is 10.2. The summed E-state index contributed by atoms with van der Waals surface area (Å²) in [6, 6.07) is 5.17. The normalized spacial score (nSPS) is 10.1. The third-order valence-electron chi connectivity index (χ3n) is 2.70. The number of amides is 2. The number of halogens is 2. The number of nitrogens with one attached hydrogen (secondary N) is 2. The van der Waals surface area contributed by atoms with Crippen LogP contribution in [0.3, 0.4) is 0 Å². The Bertz CT molecular complexity index is 752. The maximum Gasteiger partial charge on any atom is 0.324 e. The molecule has 2 amide bonds. The SMILES string of the molecule is Cc1ccc(NC(=O)Nc2ncc(Cl)cc2Cl)cc1[N+](=O)[O-]. The van der Waals surface area contributed by atoms with Crippen LogP contribution in [0.15, 0.2) is 30.5 Å². The van der Waals surface area contributed by atoms with Crippen molar-refractivity contribution in [2.45, 2.75) is 6.92 Å². The molecular formula is C13H10Cl2N4O3. The first-order valence-corrected chi connectivity index (χ1v) is 6.76. The molecule has 1 aromatic carbocycles. The van der Waals surface area contributed by atoms with Gasteiger partial charge in [0.15, 0.2) is 5.82 Å². The zero-order chi connectivity index (χ0) is 16.3. The molecule has 2 aromatic rings. The van der Waals surface area contributed by atoms with Gasteiger partial charge in [-0.2, -0.15) is 0 Å². The third-order valence-corrected chi connectivity index (χ3v) is 3.20. The Morgan fingerprint density at radius 1 is 1.27 bits per heavy atom. The van der Waals surface area contributed by atoms with Crippen molar-refractivity contribution in [3.63, 3.8) is 0 Å². The number of aromatic nitrogens is 1. The van der Waals surface area contributed by atoms with E-state index in [9.17, 15) is 14.9 Å². The van der Waals surface area contributed by atoms with E-state index in [2.05, 4.69) is 15.6 Å². The summed E-state index contributed by atoms with van der Waals surface area (Å²) in [5, 5.41) is 16.3. The van der Waals surface area contributed by atoms with E-state index in [0.29, 0.717) is 10.6 Å². The van der Waals surface area contributed by atoms with Crippen LogP contribution in [-0.4, -0.2) is 15.9 Å². The molecule has 0 aliphatic rings. The van der Waals surface area contributed by atoms with Crippen molar-refractivity contribution in [2.75, 3.05) is 10.6 Å². The number of hydrogen-bond acceptors (Lipinski definition) is 4. The summed E-state index contributed by atoms with van der Waals surface area (Å²) >= 11 is 11.6. The largest absolute Gasteiger partial charge is 0.324 e. The number of rotatable bonds is 3. The Labute approximate surface area is 135 Å². The van der Waals surface area contributed by atoms with E-state index in [1.165, 1.54) is 18.3 Å². The van der Waals surface area contributed by atoms with Crippen LogP contribution in [-0.2, 0) is 0 Å². The molecule has 2 N–H and O–H groups in total. The molecule has 0 atom stereocenters. The van der Waals surface area contributed by atoms with Crippen molar-refractivity contribution >= 4 is 46.4 Å². The minimum absolute atomic E-state index is 0.0829. The number of nitro groups is 1. The fourth-order valence-electron chi connectivity index (χ4n) is 1.66. The highest BCUT2D eigenvalue weighted by molar-refractivity contribution is 6.36. The fourth-order valence-corrected chi connectivity index (χ4v) is 2.09. The van der Waals surface area contributed by atoms with Gasteiger partial charge in [0.25, 0.3) is 5.69 Å². The van der Waals surface area contributed by atoms with Crippen LogP contribution in [0.25, 0.3) is 0 Å². The highest BCUT2D eigenvalue weighted by Crippen LogP contribution is 2.24. The second-order valence-electron chi connectivity index (χ2n) is 4.32. The zero-order valence-electron chi connectivity index (χ0n) is 11.3. The number of benzene rings is 1. The van der Waals surface area contributed by atoms with E-state index in [-0.39, 0.29) is 22.2 Å². The highest BCUT2D eigenvalue weighted by Gasteiger charge is 2.13. The molecular weight excluding hydrogens is 331 g/mol. The number of urea groups is 1. The molecule has 1 aromatic heterocycles. The fraction of sp³-hybridized carbons (Fsp3) is 0.0769. The molecule has 9 heteroatoms. The lowest BCUT2D eigenvalue weighted by molar-refractivity contribution is -0.385. The monoisotopic (exact) mass is 340 g/mol. The Kier molecular flexibility index (Phi) is 4.79. The third kappa shape index (κ3) is 3.84. The Balaban J connectivity index is 2.12. The Morgan fingerprint density at radius 3 is 2.64 bits per heavy atom. The van der Waals surface area contributed by atoms with Crippen LogP contribution in [0.2, 0.25) is 10.0 Å². The standard InChI is InChI=1S/C13H10Cl2N4O3/c1-7-2-3-9(5-11(7)19(21)22)17-13(20)18-12-10(15)4-8(14)6-16-12/h2-6H,1H3,(H2,16,17,18,20). The summed E-state index contributed by atoms with van der Waals surface area (Å²) in [4.78, 5) is 26.1. The number of nitro benzene ring substituents is 1. The molecule has 2 rings (SSSR count). The molecule has 0 bridgehead atoms. The molecule has 0 aliphatic heterocycles. The topological polar surface area (TPSA) is 97.2 Å². The first-order chi connectivity index (χ1) is 10.4. The number of pyridine rings is 1. The van der Waals surface area contributed by atoms with Crippen molar-refractivity contribution in [3.8, 4) is 0 Å². The van der Waals surface area contributed by atoms with Crippen LogP contribution in [0, 0.1) is 17.0 Å². The summed E-state index contributed by atoms with van der Waals surface area (Å²) < 4.78 is 0. The van der Waals surface area contributed by atoms with Crippen molar-refractivity contribution in [1.29, 1.82) is 0 Å². The van der Waals surface area contributed by atoms with E-state index >= 15 is 0 Å². The summed E-state index contributed by atoms with van der Waals surface area (Å²) in [7, 11) is 0. The molecule has 114 valence electrons. The minimum atomic E-state index is -0.630. The van der Waals surface area contributed by atoms with Gasteiger partial charge in [-0.25, -0.2) is 9.78 Å². The summed E-state index contributed by atoms with van der Waals surface area (Å²) in [5.41, 5.74) is 0.693. The minimum Gasteiger partial charge on any atom is -0.307 e. The van der Waals surface area contributed by atoms with Gasteiger partial charge in [0.2, 0.25) is 0 Å². The van der Waals surface area contributed by atoms with E-state index < -0.39 is 11.0 Å². The molecule has 0 saturated heterocycles. The summed E-state index contributed by atoms with van der Waals surface area (Å²) in [5.74, 6) is 0.130. The number of aryl methyl sites for hydroxylation is 1. The van der Waals surface area contributed by atoms with Crippen molar-refractivity contribution in [2.24, 2.45) is 0 Å². The molecule has 0 spiro atoms. The average molecular weight is 341 g/mol. The summed E-state index contributed by atoms with van der Waals surface area (Å²) in [6.45, 7) is 1.61. The predicted molar refractivity (Wildman–Crippen MR) is 84.7 cm³/mol. The van der Waals surface area contributed by atoms with E-state index in [0.717, 1.165) is 0 Å². The second kappa shape index (κ2) is 6.59. The first kappa shape index (κ1) is 16.0. The van der Waals surface area contributed by atoms with Gasteiger partial charge in [0.1, 0.15) is 0 Å². The van der Waals surface area contributed by atoms with Crippen LogP contribution in [0.1, 0.15) is 5.56 Å². The predicted octanol–water partition coefficient (Wildman–Crippen LogP) is 4.25. The van der Waals surface area contributed by atoms with Gasteiger partial charge in [0.05, 0.1) is 15.0 Å². The molecule has 0 radical (unpaired) electrons. The average Bonchev–Trinajstić information content (AvgIpc) is 2.44. The Morgan fingerprint density at radius 2 is 2.00 bits per heavy atom. The van der Waals surface area contributed by atoms with Gasteiger partial charge >= 0.3 is 6.03 Å². The van der Waals surface area contributed by atoms with Gasteiger partial charge in [-0.15, -0.1) is 0 Å². The van der Waals surface area contributed by atoms with Crippen molar-refractivity contribution < 1.29 is 9.72 Å². The van der Waals surface area contributed by atoms with Gasteiger partial charge in [0, 0.05) is 23.5 Å². The molecule has 1 heterocycles. The molecule has 0 unspecified atom stereocenters. The number of anilines is 2. The van der Waals surface area contributed by atoms with Gasteiger partial charge < -0.3 is 5.32 Å². The maximum atomic E-state index is 11.9. The Hall–Kier alpha value is -2.38. The van der Waals surface area contributed by atoms with E-state index in [1.807, 2.05) is 0 Å². The lowest BCUT2D eigenvalue weighted by Gasteiger charge is -2.08. The maximum absolute atomic E-state index is 11.9. The molecule has 0 fully saturated rings. The molecule has 22 heavy (non-hydrogen) atoms. The number of hydrogen-bond donors (Lipinski definition) is 2. The number of nitrogens with zero attached hydrogens (tertiary/aromatic N) is 2. The quantitative estimate of drug-likeness (QED) is 0.644. The van der Waals surface area contributed by atoms with Gasteiger partial charge in [-0.1, -0.05) is 29.3 Å².